The number of rotatable bonds is 7. The van der Waals surface area contributed by atoms with Crippen LogP contribution in [0.15, 0.2) is 30.6 Å². The number of carbonyl (C=O) groups is 1. The first-order chi connectivity index (χ1) is 15.2. The quantitative estimate of drug-likeness (QED) is 0.551. The molecule has 2 bridgehead atoms. The van der Waals surface area contributed by atoms with E-state index in [2.05, 4.69) is 15.3 Å². The molecule has 32 heavy (non-hydrogen) atoms. The fraction of sp³-hybridized carbons (Fsp3) is 0.381. The van der Waals surface area contributed by atoms with Gasteiger partial charge in [-0.05, 0) is 19.1 Å². The highest BCUT2D eigenvalue weighted by molar-refractivity contribution is 5.95. The smallest absolute Gasteiger partial charge is 0.272 e. The van der Waals surface area contributed by atoms with Crippen molar-refractivity contribution in [3.8, 4) is 17.4 Å². The molecule has 3 fully saturated rings. The second-order valence-electron chi connectivity index (χ2n) is 8.32. The van der Waals surface area contributed by atoms with E-state index in [0.717, 1.165) is 12.3 Å². The van der Waals surface area contributed by atoms with E-state index in [1.54, 1.807) is 23.5 Å². The van der Waals surface area contributed by atoms with Gasteiger partial charge in [-0.25, -0.2) is 27.5 Å². The summed E-state index contributed by atoms with van der Waals surface area (Å²) in [6.45, 7) is 0.759. The molecule has 3 saturated carbocycles. The van der Waals surface area contributed by atoms with Gasteiger partial charge in [0.25, 0.3) is 18.2 Å². The van der Waals surface area contributed by atoms with Crippen molar-refractivity contribution in [1.82, 2.24) is 19.7 Å². The molecule has 11 heteroatoms. The van der Waals surface area contributed by atoms with Crippen molar-refractivity contribution in [1.29, 1.82) is 0 Å². The molecule has 3 aliphatic carbocycles. The molecule has 0 atom stereocenters. The molecule has 1 N–H and O–H groups in total. The number of nitrogens with one attached hydrogen (secondary N) is 1. The number of ether oxygens (including phenoxy) is 2. The van der Waals surface area contributed by atoms with Gasteiger partial charge in [-0.3, -0.25) is 9.20 Å². The predicted octanol–water partition coefficient (Wildman–Crippen LogP) is 3.99. The molecular weight excluding hydrogens is 432 g/mol. The molecule has 168 valence electrons. The standard InChI is InChI=1S/C21H18F4N4O3/c1-11-17(18(30)28-21-8-20(25,9-21)10-21)27-16-3-2-13(6-29(11)16)32-19-14(31-7-15(23)24)4-12(22)5-26-19/h2-6,15H,7-10H2,1H3,(H,28,30). The van der Waals surface area contributed by atoms with Crippen molar-refractivity contribution >= 4 is 11.6 Å². The van der Waals surface area contributed by atoms with E-state index in [1.165, 1.54) is 6.20 Å². The van der Waals surface area contributed by atoms with Gasteiger partial charge in [0.15, 0.2) is 5.75 Å². The van der Waals surface area contributed by atoms with Crippen molar-refractivity contribution in [3.05, 3.63) is 47.8 Å². The molecule has 0 aromatic carbocycles. The van der Waals surface area contributed by atoms with Crippen molar-refractivity contribution in [3.63, 3.8) is 0 Å². The van der Waals surface area contributed by atoms with Crippen molar-refractivity contribution in [2.24, 2.45) is 0 Å². The highest BCUT2D eigenvalue weighted by Gasteiger charge is 2.70. The summed E-state index contributed by atoms with van der Waals surface area (Å²) in [6, 6.07) is 4.04. The number of fused-ring (bicyclic) bond motifs is 1. The van der Waals surface area contributed by atoms with Crippen LogP contribution in [-0.4, -0.2) is 44.5 Å². The Kier molecular flexibility index (Phi) is 4.54. The van der Waals surface area contributed by atoms with Gasteiger partial charge in [-0.15, -0.1) is 0 Å². The van der Waals surface area contributed by atoms with E-state index in [4.69, 9.17) is 9.47 Å². The van der Waals surface area contributed by atoms with Crippen LogP contribution >= 0.6 is 0 Å². The topological polar surface area (TPSA) is 77.8 Å². The Bertz CT molecular complexity index is 1210. The maximum atomic E-state index is 13.7. The minimum absolute atomic E-state index is 0.189. The molecule has 0 unspecified atom stereocenters. The molecular formula is C21H18F4N4O3. The molecule has 7 nitrogen and oxygen atoms in total. The Hall–Kier alpha value is -3.37. The van der Waals surface area contributed by atoms with E-state index < -0.39 is 30.1 Å². The normalized spacial score (nSPS) is 23.6. The van der Waals surface area contributed by atoms with E-state index >= 15 is 0 Å². The lowest BCUT2D eigenvalue weighted by Crippen LogP contribution is -2.76. The Balaban J connectivity index is 1.37. The first-order valence-corrected chi connectivity index (χ1v) is 9.90. The van der Waals surface area contributed by atoms with Gasteiger partial charge in [0.2, 0.25) is 0 Å². The molecule has 6 rings (SSSR count). The van der Waals surface area contributed by atoms with Gasteiger partial charge < -0.3 is 14.8 Å². The third kappa shape index (κ3) is 3.51. The van der Waals surface area contributed by atoms with Gasteiger partial charge in [-0.2, -0.15) is 0 Å². The summed E-state index contributed by atoms with van der Waals surface area (Å²) < 4.78 is 64.3. The molecule has 0 radical (unpaired) electrons. The lowest BCUT2D eigenvalue weighted by Gasteiger charge is -2.65. The minimum atomic E-state index is -2.75. The molecule has 3 aliphatic rings. The molecule has 3 aromatic rings. The van der Waals surface area contributed by atoms with E-state index in [9.17, 15) is 22.4 Å². The molecule has 1 amide bonds. The zero-order chi connectivity index (χ0) is 22.7. The number of imidazole rings is 1. The number of aryl methyl sites for hydroxylation is 1. The van der Waals surface area contributed by atoms with Gasteiger partial charge in [0.05, 0.1) is 18.1 Å². The SMILES string of the molecule is Cc1c(C(=O)NC23CC(F)(C2)C3)nc2ccc(Oc3ncc(F)cc3OCC(F)F)cn12. The third-order valence-electron chi connectivity index (χ3n) is 5.75. The molecule has 3 heterocycles. The Morgan fingerprint density at radius 3 is 2.75 bits per heavy atom. The predicted molar refractivity (Wildman–Crippen MR) is 104 cm³/mol. The van der Waals surface area contributed by atoms with E-state index in [1.807, 2.05) is 0 Å². The van der Waals surface area contributed by atoms with Gasteiger partial charge in [0.1, 0.15) is 35.2 Å². The van der Waals surface area contributed by atoms with Crippen LogP contribution in [-0.2, 0) is 0 Å². The van der Waals surface area contributed by atoms with Gasteiger partial charge in [-0.1, -0.05) is 0 Å². The highest BCUT2D eigenvalue weighted by Crippen LogP contribution is 2.62. The monoisotopic (exact) mass is 450 g/mol. The second-order valence-corrected chi connectivity index (χ2v) is 8.32. The van der Waals surface area contributed by atoms with Crippen LogP contribution in [0.25, 0.3) is 5.65 Å². The Labute approximate surface area is 179 Å². The summed E-state index contributed by atoms with van der Waals surface area (Å²) in [6.07, 6.45) is 0.653. The first-order valence-electron chi connectivity index (χ1n) is 9.90. The van der Waals surface area contributed by atoms with Crippen LogP contribution in [0.4, 0.5) is 17.6 Å². The molecule has 0 spiro atoms. The van der Waals surface area contributed by atoms with E-state index in [0.29, 0.717) is 30.6 Å². The van der Waals surface area contributed by atoms with Crippen LogP contribution in [0.3, 0.4) is 0 Å². The summed E-state index contributed by atoms with van der Waals surface area (Å²) in [7, 11) is 0. The molecule has 0 saturated heterocycles. The lowest BCUT2D eigenvalue weighted by atomic mass is 9.47. The highest BCUT2D eigenvalue weighted by atomic mass is 19.3. The van der Waals surface area contributed by atoms with Crippen LogP contribution in [0.2, 0.25) is 0 Å². The fourth-order valence-corrected chi connectivity index (χ4v) is 4.37. The maximum absolute atomic E-state index is 13.7. The number of hydrogen-bond donors (Lipinski definition) is 1. The number of pyridine rings is 2. The first kappa shape index (κ1) is 20.5. The number of hydrogen-bond acceptors (Lipinski definition) is 5. The zero-order valence-electron chi connectivity index (χ0n) is 16.9. The van der Waals surface area contributed by atoms with Crippen LogP contribution in [0.1, 0.15) is 35.4 Å². The van der Waals surface area contributed by atoms with Gasteiger partial charge >= 0.3 is 0 Å². The maximum Gasteiger partial charge on any atom is 0.272 e. The number of aromatic nitrogens is 3. The third-order valence-corrected chi connectivity index (χ3v) is 5.75. The number of nitrogens with zero attached hydrogens (tertiary/aromatic N) is 3. The van der Waals surface area contributed by atoms with Crippen molar-refractivity contribution < 1.29 is 31.8 Å². The summed E-state index contributed by atoms with van der Waals surface area (Å²) in [5, 5.41) is 2.88. The number of amides is 1. The van der Waals surface area contributed by atoms with Gasteiger partial charge in [0, 0.05) is 30.9 Å². The van der Waals surface area contributed by atoms with Crippen molar-refractivity contribution in [2.45, 2.75) is 43.8 Å². The summed E-state index contributed by atoms with van der Waals surface area (Å²) in [4.78, 5) is 20.8. The second kappa shape index (κ2) is 7.07. The van der Waals surface area contributed by atoms with E-state index in [-0.39, 0.29) is 29.0 Å². The summed E-state index contributed by atoms with van der Waals surface area (Å²) in [5.41, 5.74) is -0.377. The number of carbonyl (C=O) groups excluding carboxylic acids is 1. The average molecular weight is 450 g/mol. The molecule has 3 aromatic heterocycles. The largest absolute Gasteiger partial charge is 0.482 e. The fourth-order valence-electron chi connectivity index (χ4n) is 4.37. The lowest BCUT2D eigenvalue weighted by molar-refractivity contribution is -0.162. The van der Waals surface area contributed by atoms with Crippen LogP contribution in [0, 0.1) is 12.7 Å². The summed E-state index contributed by atoms with van der Waals surface area (Å²) >= 11 is 0. The average Bonchev–Trinajstić information content (AvgIpc) is 3.02. The summed E-state index contributed by atoms with van der Waals surface area (Å²) in [5.74, 6) is -1.36. The number of alkyl halides is 3. The molecule has 0 aliphatic heterocycles. The Morgan fingerprint density at radius 1 is 1.31 bits per heavy atom. The number of halogens is 4. The Morgan fingerprint density at radius 2 is 2.06 bits per heavy atom. The van der Waals surface area contributed by atoms with Crippen LogP contribution < -0.4 is 14.8 Å². The van der Waals surface area contributed by atoms with Crippen molar-refractivity contribution in [2.75, 3.05) is 6.61 Å². The van der Waals surface area contributed by atoms with Crippen LogP contribution in [0.5, 0.6) is 17.4 Å². The minimum Gasteiger partial charge on any atom is -0.482 e. The zero-order valence-corrected chi connectivity index (χ0v) is 16.9.